The van der Waals surface area contributed by atoms with E-state index in [-0.39, 0.29) is 12.4 Å². The Hall–Kier alpha value is -2.06. The van der Waals surface area contributed by atoms with Crippen LogP contribution in [0.25, 0.3) is 21.9 Å². The van der Waals surface area contributed by atoms with E-state index in [1.165, 1.54) is 21.9 Å². The quantitative estimate of drug-likeness (QED) is 0.754. The third-order valence-electron chi connectivity index (χ3n) is 3.41. The third kappa shape index (κ3) is 2.47. The number of rotatable bonds is 2. The third-order valence-corrected chi connectivity index (χ3v) is 3.41. The Balaban J connectivity index is 0.00000147. The lowest BCUT2D eigenvalue weighted by atomic mass is 9.96. The summed E-state index contributed by atoms with van der Waals surface area (Å²) in [5.74, 6) is 0.584. The highest BCUT2D eigenvalue weighted by Gasteiger charge is 2.08. The largest absolute Gasteiger partial charge is 0.384 e. The van der Waals surface area contributed by atoms with Gasteiger partial charge in [-0.05, 0) is 34.9 Å². The van der Waals surface area contributed by atoms with Crippen molar-refractivity contribution in [2.24, 2.45) is 0 Å². The van der Waals surface area contributed by atoms with Gasteiger partial charge in [-0.15, -0.1) is 12.4 Å². The fourth-order valence-electron chi connectivity index (χ4n) is 2.49. The first kappa shape index (κ1) is 14.4. The van der Waals surface area contributed by atoms with Crippen LogP contribution < -0.4 is 5.73 Å². The summed E-state index contributed by atoms with van der Waals surface area (Å²) in [5, 5.41) is 2.50. The van der Waals surface area contributed by atoms with Gasteiger partial charge in [0, 0.05) is 5.56 Å². The summed E-state index contributed by atoms with van der Waals surface area (Å²) in [6.45, 7) is 2.11. The number of hydrogen-bond donors (Lipinski definition) is 1. The zero-order chi connectivity index (χ0) is 13.2. The van der Waals surface area contributed by atoms with Gasteiger partial charge in [0.2, 0.25) is 0 Å². The van der Waals surface area contributed by atoms with Crippen molar-refractivity contribution < 1.29 is 0 Å². The number of aromatic nitrogens is 1. The summed E-state index contributed by atoms with van der Waals surface area (Å²) >= 11 is 0. The molecule has 0 saturated heterocycles. The number of fused-ring (bicyclic) bond motifs is 1. The van der Waals surface area contributed by atoms with Gasteiger partial charge in [-0.3, -0.25) is 0 Å². The number of pyridine rings is 1. The van der Waals surface area contributed by atoms with Crippen LogP contribution in [0.1, 0.15) is 12.6 Å². The lowest BCUT2D eigenvalue weighted by Gasteiger charge is -2.11. The number of halogens is 1. The minimum atomic E-state index is 0. The second kappa shape index (κ2) is 5.93. The van der Waals surface area contributed by atoms with Gasteiger partial charge >= 0.3 is 0 Å². The molecule has 102 valence electrons. The number of aryl methyl sites for hydroxylation is 1. The lowest BCUT2D eigenvalue weighted by molar-refractivity contribution is 1.05. The average Bonchev–Trinajstić information content (AvgIpc) is 2.46. The molecule has 0 fully saturated rings. The van der Waals surface area contributed by atoms with Crippen LogP contribution in [0.2, 0.25) is 0 Å². The maximum absolute atomic E-state index is 5.78. The van der Waals surface area contributed by atoms with E-state index in [4.69, 9.17) is 5.73 Å². The molecule has 0 aliphatic heterocycles. The molecule has 0 saturated carbocycles. The highest BCUT2D eigenvalue weighted by Crippen LogP contribution is 2.30. The SMILES string of the molecule is CCc1nc(N)ccc1-c1cccc2ccccc12.Cl. The molecule has 0 aliphatic rings. The summed E-state index contributed by atoms with van der Waals surface area (Å²) in [7, 11) is 0. The second-order valence-electron chi connectivity index (χ2n) is 4.61. The zero-order valence-corrected chi connectivity index (χ0v) is 12.2. The molecule has 0 aliphatic carbocycles. The van der Waals surface area contributed by atoms with Crippen molar-refractivity contribution in [3.8, 4) is 11.1 Å². The monoisotopic (exact) mass is 284 g/mol. The maximum Gasteiger partial charge on any atom is 0.123 e. The van der Waals surface area contributed by atoms with E-state index >= 15 is 0 Å². The first-order valence-electron chi connectivity index (χ1n) is 6.53. The molecule has 0 atom stereocenters. The van der Waals surface area contributed by atoms with Crippen LogP contribution in [0, 0.1) is 0 Å². The molecule has 2 nitrogen and oxygen atoms in total. The number of hydrogen-bond acceptors (Lipinski definition) is 2. The first-order valence-corrected chi connectivity index (χ1v) is 6.53. The Morgan fingerprint density at radius 3 is 2.45 bits per heavy atom. The molecule has 0 radical (unpaired) electrons. The summed E-state index contributed by atoms with van der Waals surface area (Å²) in [6, 6.07) is 18.7. The van der Waals surface area contributed by atoms with Crippen LogP contribution in [0.5, 0.6) is 0 Å². The van der Waals surface area contributed by atoms with Crippen LogP contribution in [0.15, 0.2) is 54.6 Å². The van der Waals surface area contributed by atoms with E-state index in [9.17, 15) is 0 Å². The molecule has 1 heterocycles. The fraction of sp³-hybridized carbons (Fsp3) is 0.118. The Labute approximate surface area is 125 Å². The van der Waals surface area contributed by atoms with E-state index in [0.717, 1.165) is 12.1 Å². The fourth-order valence-corrected chi connectivity index (χ4v) is 2.49. The van der Waals surface area contributed by atoms with E-state index in [2.05, 4.69) is 60.4 Å². The van der Waals surface area contributed by atoms with Gasteiger partial charge in [0.25, 0.3) is 0 Å². The van der Waals surface area contributed by atoms with Gasteiger partial charge in [0.05, 0.1) is 5.69 Å². The summed E-state index contributed by atoms with van der Waals surface area (Å²) in [4.78, 5) is 4.45. The standard InChI is InChI=1S/C17H16N2.ClH/c1-2-16-15(10-11-17(18)19-16)14-9-5-7-12-6-3-4-8-13(12)14;/h3-11H,2H2,1H3,(H2,18,19);1H. The van der Waals surface area contributed by atoms with Crippen molar-refractivity contribution in [3.05, 3.63) is 60.3 Å². The van der Waals surface area contributed by atoms with Crippen LogP contribution in [0.4, 0.5) is 5.82 Å². The molecule has 3 heteroatoms. The van der Waals surface area contributed by atoms with Crippen molar-refractivity contribution in [2.75, 3.05) is 5.73 Å². The summed E-state index contributed by atoms with van der Waals surface area (Å²) in [6.07, 6.45) is 0.879. The molecule has 2 aromatic carbocycles. The Kier molecular flexibility index (Phi) is 4.26. The minimum Gasteiger partial charge on any atom is -0.384 e. The molecule has 0 bridgehead atoms. The molecule has 2 N–H and O–H groups in total. The van der Waals surface area contributed by atoms with Gasteiger partial charge in [0.15, 0.2) is 0 Å². The van der Waals surface area contributed by atoms with Gasteiger partial charge in [-0.2, -0.15) is 0 Å². The zero-order valence-electron chi connectivity index (χ0n) is 11.3. The molecule has 3 rings (SSSR count). The average molecular weight is 285 g/mol. The highest BCUT2D eigenvalue weighted by atomic mass is 35.5. The number of nitrogens with zero attached hydrogens (tertiary/aromatic N) is 1. The van der Waals surface area contributed by atoms with Gasteiger partial charge in [-0.1, -0.05) is 49.4 Å². The van der Waals surface area contributed by atoms with Crippen LogP contribution in [-0.2, 0) is 6.42 Å². The smallest absolute Gasteiger partial charge is 0.123 e. The van der Waals surface area contributed by atoms with E-state index in [1.54, 1.807) is 0 Å². The van der Waals surface area contributed by atoms with E-state index < -0.39 is 0 Å². The molecule has 20 heavy (non-hydrogen) atoms. The molecule has 0 spiro atoms. The van der Waals surface area contributed by atoms with Crippen molar-refractivity contribution in [3.63, 3.8) is 0 Å². The summed E-state index contributed by atoms with van der Waals surface area (Å²) < 4.78 is 0. The second-order valence-corrected chi connectivity index (χ2v) is 4.61. The number of benzene rings is 2. The molecular weight excluding hydrogens is 268 g/mol. The Morgan fingerprint density at radius 1 is 0.900 bits per heavy atom. The van der Waals surface area contributed by atoms with Crippen LogP contribution in [0.3, 0.4) is 0 Å². The highest BCUT2D eigenvalue weighted by molar-refractivity contribution is 5.97. The Morgan fingerprint density at radius 2 is 1.65 bits per heavy atom. The van der Waals surface area contributed by atoms with Crippen molar-refractivity contribution in [1.82, 2.24) is 4.98 Å². The predicted octanol–water partition coefficient (Wildman–Crippen LogP) is 4.47. The van der Waals surface area contributed by atoms with Gasteiger partial charge in [-0.25, -0.2) is 4.98 Å². The topological polar surface area (TPSA) is 38.9 Å². The number of nitrogens with two attached hydrogens (primary N) is 1. The van der Waals surface area contributed by atoms with Gasteiger partial charge < -0.3 is 5.73 Å². The molecule has 0 amide bonds. The summed E-state index contributed by atoms with van der Waals surface area (Å²) in [5.41, 5.74) is 9.23. The maximum atomic E-state index is 5.78. The molecule has 1 aromatic heterocycles. The number of anilines is 1. The number of nitrogen functional groups attached to an aromatic ring is 1. The van der Waals surface area contributed by atoms with Crippen molar-refractivity contribution in [1.29, 1.82) is 0 Å². The van der Waals surface area contributed by atoms with Crippen molar-refractivity contribution >= 4 is 29.0 Å². The first-order chi connectivity index (χ1) is 9.29. The molecule has 0 unspecified atom stereocenters. The predicted molar refractivity (Wildman–Crippen MR) is 88.2 cm³/mol. The molecular formula is C17H17ClN2. The van der Waals surface area contributed by atoms with E-state index in [1.807, 2.05) is 6.07 Å². The van der Waals surface area contributed by atoms with Crippen LogP contribution in [-0.4, -0.2) is 4.98 Å². The lowest BCUT2D eigenvalue weighted by Crippen LogP contribution is -1.97. The van der Waals surface area contributed by atoms with E-state index in [0.29, 0.717) is 5.82 Å². The normalized spacial score (nSPS) is 10.2. The van der Waals surface area contributed by atoms with Crippen LogP contribution >= 0.6 is 12.4 Å². The van der Waals surface area contributed by atoms with Crippen molar-refractivity contribution in [2.45, 2.75) is 13.3 Å². The Bertz CT molecular complexity index is 733. The molecule has 3 aromatic rings. The minimum absolute atomic E-state index is 0. The van der Waals surface area contributed by atoms with Gasteiger partial charge in [0.1, 0.15) is 5.82 Å².